The summed E-state index contributed by atoms with van der Waals surface area (Å²) in [6.45, 7) is 1.88. The summed E-state index contributed by atoms with van der Waals surface area (Å²) < 4.78 is 41.1. The van der Waals surface area contributed by atoms with Crippen LogP contribution in [0, 0.1) is 0 Å². The Bertz CT molecular complexity index is 407. The number of nitrogens with two attached hydrogens (primary N) is 1. The highest BCUT2D eigenvalue weighted by Gasteiger charge is 2.26. The van der Waals surface area contributed by atoms with Crippen LogP contribution in [0.25, 0.3) is 0 Å². The molecule has 6 heteroatoms. The van der Waals surface area contributed by atoms with Gasteiger partial charge in [-0.25, -0.2) is 0 Å². The number of rotatable bonds is 6. The second-order valence-electron chi connectivity index (χ2n) is 4.51. The summed E-state index contributed by atoms with van der Waals surface area (Å²) in [7, 11) is 0. The molecule has 0 aromatic heterocycles. The third-order valence-corrected chi connectivity index (χ3v) is 2.71. The molecule has 0 heterocycles. The number of hydrogen-bond donors (Lipinski definition) is 1. The molecule has 2 N–H and O–H groups in total. The summed E-state index contributed by atoms with van der Waals surface area (Å²) in [4.78, 5) is 0. The van der Waals surface area contributed by atoms with Crippen molar-refractivity contribution in [1.82, 2.24) is 0 Å². The van der Waals surface area contributed by atoms with Crippen LogP contribution >= 0.6 is 11.6 Å². The lowest BCUT2D eigenvalue weighted by Crippen LogP contribution is -2.17. The Labute approximate surface area is 115 Å². The molecular formula is C13H17ClF3NO. The van der Waals surface area contributed by atoms with E-state index in [9.17, 15) is 13.2 Å². The van der Waals surface area contributed by atoms with Crippen LogP contribution in [0.15, 0.2) is 18.2 Å². The first-order valence-electron chi connectivity index (χ1n) is 6.01. The summed E-state index contributed by atoms with van der Waals surface area (Å²) in [5.41, 5.74) is 6.65. The smallest absolute Gasteiger partial charge is 0.389 e. The lowest BCUT2D eigenvalue weighted by atomic mass is 10.1. The fraction of sp³-hybridized carbons (Fsp3) is 0.538. The van der Waals surface area contributed by atoms with Crippen molar-refractivity contribution in [3.63, 3.8) is 0 Å². The highest BCUT2D eigenvalue weighted by molar-refractivity contribution is 6.32. The van der Waals surface area contributed by atoms with Crippen LogP contribution in [0.5, 0.6) is 5.75 Å². The molecule has 19 heavy (non-hydrogen) atoms. The molecule has 2 nitrogen and oxygen atoms in total. The SMILES string of the molecule is CC(N)Cc1ccc(OCCCC(F)(F)F)c(Cl)c1. The highest BCUT2D eigenvalue weighted by atomic mass is 35.5. The van der Waals surface area contributed by atoms with Crippen LogP contribution in [0.3, 0.4) is 0 Å². The molecule has 0 amide bonds. The minimum absolute atomic E-state index is 0.00807. The molecule has 0 spiro atoms. The minimum atomic E-state index is -4.14. The quantitative estimate of drug-likeness (QED) is 0.807. The first kappa shape index (κ1) is 16.1. The van der Waals surface area contributed by atoms with Gasteiger partial charge in [-0.2, -0.15) is 13.2 Å². The van der Waals surface area contributed by atoms with Gasteiger partial charge >= 0.3 is 6.18 Å². The van der Waals surface area contributed by atoms with Crippen molar-refractivity contribution < 1.29 is 17.9 Å². The lowest BCUT2D eigenvalue weighted by Gasteiger charge is -2.11. The van der Waals surface area contributed by atoms with Gasteiger partial charge in [0.1, 0.15) is 5.75 Å². The Kier molecular flexibility index (Phi) is 5.94. The first-order chi connectivity index (χ1) is 8.78. The first-order valence-corrected chi connectivity index (χ1v) is 6.39. The van der Waals surface area contributed by atoms with Gasteiger partial charge in [0.2, 0.25) is 0 Å². The van der Waals surface area contributed by atoms with Crippen molar-refractivity contribution >= 4 is 11.6 Å². The number of halogens is 4. The Hall–Kier alpha value is -0.940. The number of alkyl halides is 3. The van der Waals surface area contributed by atoms with E-state index in [1.165, 1.54) is 0 Å². The minimum Gasteiger partial charge on any atom is -0.492 e. The average molecular weight is 296 g/mol. The molecule has 1 rings (SSSR count). The summed E-state index contributed by atoms with van der Waals surface area (Å²) in [6, 6.07) is 5.22. The van der Waals surface area contributed by atoms with E-state index in [0.29, 0.717) is 17.2 Å². The lowest BCUT2D eigenvalue weighted by molar-refractivity contribution is -0.136. The summed E-state index contributed by atoms with van der Waals surface area (Å²) in [5, 5.41) is 0.394. The van der Waals surface area contributed by atoms with E-state index in [1.807, 2.05) is 13.0 Å². The molecule has 0 aliphatic heterocycles. The molecule has 0 bridgehead atoms. The van der Waals surface area contributed by atoms with Gasteiger partial charge in [0.15, 0.2) is 0 Å². The van der Waals surface area contributed by atoms with E-state index in [4.69, 9.17) is 22.1 Å². The molecule has 0 aliphatic carbocycles. The molecule has 0 fully saturated rings. The van der Waals surface area contributed by atoms with Crippen molar-refractivity contribution in [3.05, 3.63) is 28.8 Å². The molecule has 1 atom stereocenters. The van der Waals surface area contributed by atoms with E-state index < -0.39 is 12.6 Å². The Balaban J connectivity index is 2.46. The Morgan fingerprint density at radius 1 is 1.37 bits per heavy atom. The van der Waals surface area contributed by atoms with Gasteiger partial charge in [0, 0.05) is 12.5 Å². The largest absolute Gasteiger partial charge is 0.492 e. The van der Waals surface area contributed by atoms with E-state index in [1.54, 1.807) is 12.1 Å². The predicted molar refractivity (Wildman–Crippen MR) is 69.6 cm³/mol. The number of benzene rings is 1. The predicted octanol–water partition coefficient (Wildman–Crippen LogP) is 3.95. The average Bonchev–Trinajstić information content (AvgIpc) is 2.24. The number of ether oxygens (including phenoxy) is 1. The monoisotopic (exact) mass is 295 g/mol. The van der Waals surface area contributed by atoms with Gasteiger partial charge in [-0.1, -0.05) is 17.7 Å². The molecule has 0 aliphatic rings. The Morgan fingerprint density at radius 3 is 2.58 bits per heavy atom. The maximum absolute atomic E-state index is 11.9. The zero-order chi connectivity index (χ0) is 14.5. The topological polar surface area (TPSA) is 35.2 Å². The van der Waals surface area contributed by atoms with Crippen molar-refractivity contribution in [2.75, 3.05) is 6.61 Å². The van der Waals surface area contributed by atoms with Crippen LogP contribution < -0.4 is 10.5 Å². The second kappa shape index (κ2) is 7.01. The summed E-state index contributed by atoms with van der Waals surface area (Å²) in [5.74, 6) is 0.400. The third-order valence-electron chi connectivity index (χ3n) is 2.42. The molecule has 108 valence electrons. The fourth-order valence-corrected chi connectivity index (χ4v) is 1.87. The van der Waals surface area contributed by atoms with Crippen molar-refractivity contribution in [3.8, 4) is 5.75 Å². The fourth-order valence-electron chi connectivity index (χ4n) is 1.61. The highest BCUT2D eigenvalue weighted by Crippen LogP contribution is 2.27. The zero-order valence-corrected chi connectivity index (χ0v) is 11.4. The second-order valence-corrected chi connectivity index (χ2v) is 4.92. The normalized spacial score (nSPS) is 13.4. The van der Waals surface area contributed by atoms with Crippen LogP contribution in [0.1, 0.15) is 25.3 Å². The summed E-state index contributed by atoms with van der Waals surface area (Å²) in [6.07, 6.45) is -4.39. The maximum Gasteiger partial charge on any atom is 0.389 e. The van der Waals surface area contributed by atoms with Crippen molar-refractivity contribution in [2.24, 2.45) is 5.73 Å². The molecular weight excluding hydrogens is 279 g/mol. The van der Waals surface area contributed by atoms with Gasteiger partial charge in [0.25, 0.3) is 0 Å². The maximum atomic E-state index is 11.9. The van der Waals surface area contributed by atoms with Gasteiger partial charge < -0.3 is 10.5 Å². The Morgan fingerprint density at radius 2 is 2.05 bits per heavy atom. The van der Waals surface area contributed by atoms with Crippen LogP contribution in [0.2, 0.25) is 5.02 Å². The third kappa shape index (κ3) is 6.68. The van der Waals surface area contributed by atoms with Gasteiger partial charge in [0.05, 0.1) is 11.6 Å². The molecule has 0 radical (unpaired) electrons. The summed E-state index contributed by atoms with van der Waals surface area (Å²) >= 11 is 5.99. The molecule has 1 aromatic carbocycles. The van der Waals surface area contributed by atoms with Crippen molar-refractivity contribution in [1.29, 1.82) is 0 Å². The zero-order valence-electron chi connectivity index (χ0n) is 10.6. The van der Waals surface area contributed by atoms with Crippen LogP contribution in [-0.2, 0) is 6.42 Å². The van der Waals surface area contributed by atoms with Crippen molar-refractivity contribution in [2.45, 2.75) is 38.4 Å². The molecule has 0 saturated heterocycles. The van der Waals surface area contributed by atoms with Crippen LogP contribution in [0.4, 0.5) is 13.2 Å². The van der Waals surface area contributed by atoms with E-state index in [2.05, 4.69) is 0 Å². The standard InChI is InChI=1S/C13H17ClF3NO/c1-9(18)7-10-3-4-12(11(14)8-10)19-6-2-5-13(15,16)17/h3-4,8-9H,2,5-7,18H2,1H3. The van der Waals surface area contributed by atoms with E-state index in [-0.39, 0.29) is 19.1 Å². The van der Waals surface area contributed by atoms with E-state index in [0.717, 1.165) is 5.56 Å². The molecule has 1 aromatic rings. The number of hydrogen-bond acceptors (Lipinski definition) is 2. The molecule has 0 saturated carbocycles. The molecule has 1 unspecified atom stereocenters. The van der Waals surface area contributed by atoms with Gasteiger partial charge in [-0.05, 0) is 37.5 Å². The van der Waals surface area contributed by atoms with Gasteiger partial charge in [-0.15, -0.1) is 0 Å². The van der Waals surface area contributed by atoms with Crippen LogP contribution in [-0.4, -0.2) is 18.8 Å². The van der Waals surface area contributed by atoms with Gasteiger partial charge in [-0.3, -0.25) is 0 Å². The van der Waals surface area contributed by atoms with E-state index >= 15 is 0 Å².